The number of carbonyl (C=O) groups is 1. The second-order valence-corrected chi connectivity index (χ2v) is 9.09. The van der Waals surface area contributed by atoms with Gasteiger partial charge in [0.2, 0.25) is 0 Å². The van der Waals surface area contributed by atoms with E-state index in [1.54, 1.807) is 0 Å². The second kappa shape index (κ2) is 8.91. The van der Waals surface area contributed by atoms with Crippen molar-refractivity contribution in [3.63, 3.8) is 0 Å². The van der Waals surface area contributed by atoms with Gasteiger partial charge in [0.15, 0.2) is 11.5 Å². The molecule has 3 atom stereocenters. The van der Waals surface area contributed by atoms with Crippen molar-refractivity contribution >= 4 is 5.91 Å². The number of benzene rings is 2. The maximum absolute atomic E-state index is 12.6. The number of likely N-dealkylation sites (tertiary alicyclic amines) is 1. The second-order valence-electron chi connectivity index (χ2n) is 9.09. The molecule has 1 amide bonds. The standard InChI is InChI=1S/C26H32N2O3/c1-18(23-5-4-6-24-25(23)31-16-15-30-24)27-22-12-11-21(17-22)19-7-9-20(10-8-19)26(29)28-13-2-3-14-28/h4-10,18,21-22,27H,2-3,11-17H2,1H3. The van der Waals surface area contributed by atoms with Gasteiger partial charge in [-0.05, 0) is 68.7 Å². The number of nitrogens with one attached hydrogen (secondary N) is 1. The van der Waals surface area contributed by atoms with Gasteiger partial charge in [0, 0.05) is 36.3 Å². The van der Waals surface area contributed by atoms with Crippen LogP contribution in [0.1, 0.15) is 72.5 Å². The number of fused-ring (bicyclic) bond motifs is 1. The highest BCUT2D eigenvalue weighted by atomic mass is 16.6. The first kappa shape index (κ1) is 20.4. The Morgan fingerprint density at radius 1 is 1.03 bits per heavy atom. The Morgan fingerprint density at radius 3 is 2.61 bits per heavy atom. The maximum atomic E-state index is 12.6. The first-order valence-electron chi connectivity index (χ1n) is 11.7. The van der Waals surface area contributed by atoms with Gasteiger partial charge in [-0.15, -0.1) is 0 Å². The molecule has 2 aliphatic heterocycles. The highest BCUT2D eigenvalue weighted by molar-refractivity contribution is 5.94. The summed E-state index contributed by atoms with van der Waals surface area (Å²) in [6, 6.07) is 15.2. The molecule has 2 fully saturated rings. The van der Waals surface area contributed by atoms with Gasteiger partial charge in [-0.25, -0.2) is 0 Å². The highest BCUT2D eigenvalue weighted by Crippen LogP contribution is 2.39. The van der Waals surface area contributed by atoms with E-state index in [0.717, 1.165) is 55.8 Å². The fourth-order valence-corrected chi connectivity index (χ4v) is 5.32. The fraction of sp³-hybridized carbons (Fsp3) is 0.500. The predicted molar refractivity (Wildman–Crippen MR) is 121 cm³/mol. The van der Waals surface area contributed by atoms with E-state index in [2.05, 4.69) is 30.4 Å². The average molecular weight is 421 g/mol. The van der Waals surface area contributed by atoms with Gasteiger partial charge in [-0.1, -0.05) is 24.3 Å². The van der Waals surface area contributed by atoms with Gasteiger partial charge in [-0.3, -0.25) is 4.79 Å². The minimum Gasteiger partial charge on any atom is -0.486 e. The molecule has 0 radical (unpaired) electrons. The van der Waals surface area contributed by atoms with Crippen LogP contribution in [-0.2, 0) is 0 Å². The topological polar surface area (TPSA) is 50.8 Å². The van der Waals surface area contributed by atoms with Gasteiger partial charge in [0.25, 0.3) is 5.91 Å². The van der Waals surface area contributed by atoms with Crippen LogP contribution in [0.2, 0.25) is 0 Å². The summed E-state index contributed by atoms with van der Waals surface area (Å²) in [5, 5.41) is 3.82. The number of rotatable bonds is 5. The number of amides is 1. The van der Waals surface area contributed by atoms with Gasteiger partial charge in [0.1, 0.15) is 13.2 Å². The van der Waals surface area contributed by atoms with E-state index >= 15 is 0 Å². The molecule has 31 heavy (non-hydrogen) atoms. The zero-order valence-corrected chi connectivity index (χ0v) is 18.3. The van der Waals surface area contributed by atoms with Crippen molar-refractivity contribution < 1.29 is 14.3 Å². The molecule has 3 aliphatic rings. The van der Waals surface area contributed by atoms with Crippen LogP contribution in [0.4, 0.5) is 0 Å². The van der Waals surface area contributed by atoms with Crippen LogP contribution in [0.25, 0.3) is 0 Å². The summed E-state index contributed by atoms with van der Waals surface area (Å²) in [4.78, 5) is 14.6. The summed E-state index contributed by atoms with van der Waals surface area (Å²) < 4.78 is 11.6. The zero-order valence-electron chi connectivity index (χ0n) is 18.3. The Kier molecular flexibility index (Phi) is 5.86. The SMILES string of the molecule is CC(NC1CCC(c2ccc(C(=O)N3CCCC3)cc2)C1)c1cccc2c1OCCO2. The summed E-state index contributed by atoms with van der Waals surface area (Å²) in [5.41, 5.74) is 3.34. The molecule has 1 saturated heterocycles. The molecule has 3 unspecified atom stereocenters. The lowest BCUT2D eigenvalue weighted by Gasteiger charge is -2.26. The van der Waals surface area contributed by atoms with Crippen LogP contribution in [0.3, 0.4) is 0 Å². The van der Waals surface area contributed by atoms with Gasteiger partial charge < -0.3 is 19.7 Å². The van der Waals surface area contributed by atoms with Crippen molar-refractivity contribution in [2.75, 3.05) is 26.3 Å². The van der Waals surface area contributed by atoms with E-state index in [0.29, 0.717) is 25.2 Å². The van der Waals surface area contributed by atoms with Gasteiger partial charge in [-0.2, -0.15) is 0 Å². The predicted octanol–water partition coefficient (Wildman–Crippen LogP) is 4.68. The lowest BCUT2D eigenvalue weighted by Crippen LogP contribution is -2.30. The molecule has 0 aromatic heterocycles. The fourth-order valence-electron chi connectivity index (χ4n) is 5.32. The van der Waals surface area contributed by atoms with Crippen molar-refractivity contribution in [1.29, 1.82) is 0 Å². The van der Waals surface area contributed by atoms with Crippen LogP contribution >= 0.6 is 0 Å². The first-order chi connectivity index (χ1) is 15.2. The van der Waals surface area contributed by atoms with Gasteiger partial charge >= 0.3 is 0 Å². The number of para-hydroxylation sites is 1. The number of nitrogens with zero attached hydrogens (tertiary/aromatic N) is 1. The van der Waals surface area contributed by atoms with E-state index in [1.807, 2.05) is 29.2 Å². The van der Waals surface area contributed by atoms with Crippen LogP contribution in [0.5, 0.6) is 11.5 Å². The molecule has 0 bridgehead atoms. The Hall–Kier alpha value is -2.53. The number of ether oxygens (including phenoxy) is 2. The molecule has 0 spiro atoms. The normalized spacial score (nSPS) is 23.7. The largest absolute Gasteiger partial charge is 0.486 e. The Balaban J connectivity index is 1.20. The maximum Gasteiger partial charge on any atom is 0.253 e. The third kappa shape index (κ3) is 4.29. The molecule has 5 rings (SSSR count). The number of hydrogen-bond acceptors (Lipinski definition) is 4. The lowest BCUT2D eigenvalue weighted by molar-refractivity contribution is 0.0793. The molecule has 1 aliphatic carbocycles. The monoisotopic (exact) mass is 420 g/mol. The first-order valence-corrected chi connectivity index (χ1v) is 11.7. The van der Waals surface area contributed by atoms with Crippen molar-refractivity contribution in [3.05, 3.63) is 59.2 Å². The van der Waals surface area contributed by atoms with Crippen molar-refractivity contribution in [3.8, 4) is 11.5 Å². The average Bonchev–Trinajstić information content (AvgIpc) is 3.51. The van der Waals surface area contributed by atoms with E-state index in [4.69, 9.17) is 9.47 Å². The minimum absolute atomic E-state index is 0.182. The van der Waals surface area contributed by atoms with Crippen molar-refractivity contribution in [1.82, 2.24) is 10.2 Å². The molecule has 164 valence electrons. The third-order valence-electron chi connectivity index (χ3n) is 7.00. The van der Waals surface area contributed by atoms with Crippen molar-refractivity contribution in [2.45, 2.75) is 57.0 Å². The number of carbonyl (C=O) groups excluding carboxylic acids is 1. The molecule has 5 nitrogen and oxygen atoms in total. The number of hydrogen-bond donors (Lipinski definition) is 1. The van der Waals surface area contributed by atoms with E-state index in [-0.39, 0.29) is 11.9 Å². The quantitative estimate of drug-likeness (QED) is 0.763. The summed E-state index contributed by atoms with van der Waals surface area (Å²) in [6.45, 7) is 5.23. The van der Waals surface area contributed by atoms with Crippen molar-refractivity contribution in [2.24, 2.45) is 0 Å². The zero-order chi connectivity index (χ0) is 21.2. The molecule has 2 aromatic rings. The van der Waals surface area contributed by atoms with Crippen LogP contribution in [0.15, 0.2) is 42.5 Å². The summed E-state index contributed by atoms with van der Waals surface area (Å²) in [5.74, 6) is 2.47. The smallest absolute Gasteiger partial charge is 0.253 e. The Labute approximate surface area is 184 Å². The molecule has 2 aromatic carbocycles. The van der Waals surface area contributed by atoms with E-state index < -0.39 is 0 Å². The highest BCUT2D eigenvalue weighted by Gasteiger charge is 2.29. The minimum atomic E-state index is 0.182. The Morgan fingerprint density at radius 2 is 1.81 bits per heavy atom. The van der Waals surface area contributed by atoms with Crippen LogP contribution in [-0.4, -0.2) is 43.2 Å². The Bertz CT molecular complexity index is 921. The molecule has 1 saturated carbocycles. The van der Waals surface area contributed by atoms with E-state index in [1.165, 1.54) is 17.5 Å². The molecular formula is C26H32N2O3. The molecule has 2 heterocycles. The molecule has 5 heteroatoms. The van der Waals surface area contributed by atoms with Crippen LogP contribution < -0.4 is 14.8 Å². The summed E-state index contributed by atoms with van der Waals surface area (Å²) >= 11 is 0. The van der Waals surface area contributed by atoms with Gasteiger partial charge in [0.05, 0.1) is 0 Å². The molecular weight excluding hydrogens is 388 g/mol. The van der Waals surface area contributed by atoms with E-state index in [9.17, 15) is 4.79 Å². The third-order valence-corrected chi connectivity index (χ3v) is 7.00. The summed E-state index contributed by atoms with van der Waals surface area (Å²) in [6.07, 6.45) is 5.72. The lowest BCUT2D eigenvalue weighted by atomic mass is 9.96. The van der Waals surface area contributed by atoms with Crippen LogP contribution in [0, 0.1) is 0 Å². The molecule has 1 N–H and O–H groups in total. The summed E-state index contributed by atoms with van der Waals surface area (Å²) in [7, 11) is 0.